The zero-order valence-corrected chi connectivity index (χ0v) is 10.8. The minimum absolute atomic E-state index is 0.165. The van der Waals surface area contributed by atoms with Gasteiger partial charge in [-0.25, -0.2) is 9.37 Å². The topological polar surface area (TPSA) is 54.0 Å². The third-order valence-corrected chi connectivity index (χ3v) is 3.09. The van der Waals surface area contributed by atoms with Crippen LogP contribution in [0, 0.1) is 5.82 Å². The van der Waals surface area contributed by atoms with Crippen molar-refractivity contribution < 1.29 is 9.18 Å². The Morgan fingerprint density at radius 1 is 1.20 bits per heavy atom. The van der Waals surface area contributed by atoms with E-state index in [1.165, 1.54) is 12.1 Å². The number of halogens is 1. The van der Waals surface area contributed by atoms with Crippen molar-refractivity contribution in [3.63, 3.8) is 0 Å². The fraction of sp³-hybridized carbons (Fsp3) is 0.200. The zero-order chi connectivity index (χ0) is 13.9. The van der Waals surface area contributed by atoms with Crippen LogP contribution in [-0.2, 0) is 0 Å². The summed E-state index contributed by atoms with van der Waals surface area (Å²) in [6.07, 6.45) is 3.81. The third-order valence-electron chi connectivity index (χ3n) is 3.09. The second-order valence-electron chi connectivity index (χ2n) is 4.75. The fourth-order valence-corrected chi connectivity index (χ4v) is 1.88. The van der Waals surface area contributed by atoms with Crippen molar-refractivity contribution in [1.29, 1.82) is 0 Å². The number of amides is 1. The Labute approximate surface area is 116 Å². The van der Waals surface area contributed by atoms with Crippen molar-refractivity contribution in [2.24, 2.45) is 0 Å². The SMILES string of the molecule is O=C(Nc1ccccc1F)c1cccnc1NC1CC1. The molecule has 1 aromatic carbocycles. The molecule has 1 aliphatic rings. The number of aromatic nitrogens is 1. The molecular formula is C15H14FN3O. The second-order valence-corrected chi connectivity index (χ2v) is 4.75. The number of carbonyl (C=O) groups excluding carboxylic acids is 1. The molecule has 1 aliphatic carbocycles. The predicted molar refractivity (Wildman–Crippen MR) is 75.2 cm³/mol. The summed E-state index contributed by atoms with van der Waals surface area (Å²) in [5.41, 5.74) is 0.585. The van der Waals surface area contributed by atoms with Crippen LogP contribution in [0.25, 0.3) is 0 Å². The lowest BCUT2D eigenvalue weighted by atomic mass is 10.2. The van der Waals surface area contributed by atoms with E-state index in [9.17, 15) is 9.18 Å². The molecule has 0 unspecified atom stereocenters. The quantitative estimate of drug-likeness (QED) is 0.898. The van der Waals surface area contributed by atoms with E-state index in [1.54, 1.807) is 30.5 Å². The standard InChI is InChI=1S/C15H14FN3O/c16-12-5-1-2-6-13(12)19-15(20)11-4-3-9-17-14(11)18-10-7-8-10/h1-6,9-10H,7-8H2,(H,17,18)(H,19,20). The summed E-state index contributed by atoms with van der Waals surface area (Å²) in [5, 5.41) is 5.77. The Morgan fingerprint density at radius 3 is 2.75 bits per heavy atom. The molecule has 1 aromatic heterocycles. The predicted octanol–water partition coefficient (Wildman–Crippen LogP) is 3.05. The van der Waals surface area contributed by atoms with Crippen LogP contribution < -0.4 is 10.6 Å². The molecule has 0 radical (unpaired) electrons. The first-order valence-electron chi connectivity index (χ1n) is 6.51. The number of anilines is 2. The van der Waals surface area contributed by atoms with Gasteiger partial charge in [-0.3, -0.25) is 4.79 Å². The average molecular weight is 271 g/mol. The minimum Gasteiger partial charge on any atom is -0.367 e. The molecule has 2 aromatic rings. The van der Waals surface area contributed by atoms with Crippen LogP contribution in [-0.4, -0.2) is 16.9 Å². The first-order valence-corrected chi connectivity index (χ1v) is 6.51. The van der Waals surface area contributed by atoms with Crippen LogP contribution in [0.1, 0.15) is 23.2 Å². The molecule has 20 heavy (non-hydrogen) atoms. The maximum absolute atomic E-state index is 13.5. The van der Waals surface area contributed by atoms with Gasteiger partial charge in [0.1, 0.15) is 11.6 Å². The van der Waals surface area contributed by atoms with Crippen molar-refractivity contribution in [2.45, 2.75) is 18.9 Å². The number of benzene rings is 1. The minimum atomic E-state index is -0.457. The second kappa shape index (κ2) is 5.28. The van der Waals surface area contributed by atoms with Crippen LogP contribution in [0.4, 0.5) is 15.9 Å². The van der Waals surface area contributed by atoms with Crippen LogP contribution in [0.15, 0.2) is 42.6 Å². The highest BCUT2D eigenvalue weighted by Crippen LogP contribution is 2.25. The molecule has 102 valence electrons. The number of nitrogens with one attached hydrogen (secondary N) is 2. The number of carbonyl (C=O) groups is 1. The Kier molecular flexibility index (Phi) is 3.33. The monoisotopic (exact) mass is 271 g/mol. The van der Waals surface area contributed by atoms with Gasteiger partial charge in [0.05, 0.1) is 11.3 Å². The molecule has 0 spiro atoms. The van der Waals surface area contributed by atoms with Gasteiger partial charge >= 0.3 is 0 Å². The number of pyridine rings is 1. The van der Waals surface area contributed by atoms with Gasteiger partial charge in [-0.05, 0) is 37.1 Å². The molecule has 1 saturated carbocycles. The van der Waals surface area contributed by atoms with Crippen molar-refractivity contribution >= 4 is 17.4 Å². The lowest BCUT2D eigenvalue weighted by molar-refractivity contribution is 0.102. The summed E-state index contributed by atoms with van der Waals surface area (Å²) >= 11 is 0. The summed E-state index contributed by atoms with van der Waals surface area (Å²) < 4.78 is 13.5. The molecule has 4 nitrogen and oxygen atoms in total. The van der Waals surface area contributed by atoms with Gasteiger partial charge in [0.25, 0.3) is 5.91 Å². The summed E-state index contributed by atoms with van der Waals surface area (Å²) in [7, 11) is 0. The smallest absolute Gasteiger partial charge is 0.259 e. The van der Waals surface area contributed by atoms with Crippen LogP contribution in [0.3, 0.4) is 0 Å². The number of nitrogens with zero attached hydrogens (tertiary/aromatic N) is 1. The molecule has 0 atom stereocenters. The van der Waals surface area contributed by atoms with Gasteiger partial charge in [-0.2, -0.15) is 0 Å². The summed E-state index contributed by atoms with van der Waals surface area (Å²) in [6, 6.07) is 9.84. The van der Waals surface area contributed by atoms with E-state index < -0.39 is 5.82 Å². The van der Waals surface area contributed by atoms with Gasteiger partial charge in [0.15, 0.2) is 0 Å². The number of hydrogen-bond acceptors (Lipinski definition) is 3. The number of rotatable bonds is 4. The Hall–Kier alpha value is -2.43. The zero-order valence-electron chi connectivity index (χ0n) is 10.8. The Bertz CT molecular complexity index is 641. The largest absolute Gasteiger partial charge is 0.367 e. The van der Waals surface area contributed by atoms with E-state index in [1.807, 2.05) is 0 Å². The summed E-state index contributed by atoms with van der Waals surface area (Å²) in [5.74, 6) is -0.281. The fourth-order valence-electron chi connectivity index (χ4n) is 1.88. The highest BCUT2D eigenvalue weighted by Gasteiger charge is 2.24. The molecule has 1 amide bonds. The van der Waals surface area contributed by atoms with E-state index in [-0.39, 0.29) is 11.6 Å². The van der Waals surface area contributed by atoms with Gasteiger partial charge in [0, 0.05) is 12.2 Å². The van der Waals surface area contributed by atoms with Crippen molar-refractivity contribution in [1.82, 2.24) is 4.98 Å². The van der Waals surface area contributed by atoms with Crippen molar-refractivity contribution in [3.8, 4) is 0 Å². The normalized spacial score (nSPS) is 13.8. The maximum Gasteiger partial charge on any atom is 0.259 e. The molecule has 5 heteroatoms. The Morgan fingerprint density at radius 2 is 2.00 bits per heavy atom. The lowest BCUT2D eigenvalue weighted by Gasteiger charge is -2.10. The summed E-state index contributed by atoms with van der Waals surface area (Å²) in [6.45, 7) is 0. The van der Waals surface area contributed by atoms with E-state index in [0.717, 1.165) is 12.8 Å². The lowest BCUT2D eigenvalue weighted by Crippen LogP contribution is -2.17. The van der Waals surface area contributed by atoms with Crippen LogP contribution in [0.2, 0.25) is 0 Å². The first-order chi connectivity index (χ1) is 9.74. The molecule has 1 fully saturated rings. The highest BCUT2D eigenvalue weighted by molar-refractivity contribution is 6.07. The molecule has 1 heterocycles. The first kappa shape index (κ1) is 12.6. The molecule has 2 N–H and O–H groups in total. The number of hydrogen-bond donors (Lipinski definition) is 2. The van der Waals surface area contributed by atoms with Crippen molar-refractivity contribution in [2.75, 3.05) is 10.6 Å². The Balaban J connectivity index is 1.81. The van der Waals surface area contributed by atoms with E-state index in [0.29, 0.717) is 17.4 Å². The van der Waals surface area contributed by atoms with Gasteiger partial charge in [-0.15, -0.1) is 0 Å². The molecule has 3 rings (SSSR count). The highest BCUT2D eigenvalue weighted by atomic mass is 19.1. The average Bonchev–Trinajstić information content (AvgIpc) is 3.26. The third kappa shape index (κ3) is 2.77. The van der Waals surface area contributed by atoms with Crippen molar-refractivity contribution in [3.05, 3.63) is 54.0 Å². The molecule has 0 bridgehead atoms. The van der Waals surface area contributed by atoms with Gasteiger partial charge < -0.3 is 10.6 Å². The summed E-state index contributed by atoms with van der Waals surface area (Å²) in [4.78, 5) is 16.4. The van der Waals surface area contributed by atoms with E-state index >= 15 is 0 Å². The van der Waals surface area contributed by atoms with E-state index in [2.05, 4.69) is 15.6 Å². The molecule has 0 aliphatic heterocycles. The van der Waals surface area contributed by atoms with Crippen LogP contribution >= 0.6 is 0 Å². The maximum atomic E-state index is 13.5. The molecular weight excluding hydrogens is 257 g/mol. The molecule has 0 saturated heterocycles. The van der Waals surface area contributed by atoms with Gasteiger partial charge in [0.2, 0.25) is 0 Å². The van der Waals surface area contributed by atoms with E-state index in [4.69, 9.17) is 0 Å². The number of para-hydroxylation sites is 1. The van der Waals surface area contributed by atoms with Gasteiger partial charge in [-0.1, -0.05) is 12.1 Å². The van der Waals surface area contributed by atoms with Crippen LogP contribution in [0.5, 0.6) is 0 Å².